The molecule has 16 heavy (non-hydrogen) atoms. The molecule has 0 aliphatic carbocycles. The summed E-state index contributed by atoms with van der Waals surface area (Å²) < 4.78 is 4.75. The summed E-state index contributed by atoms with van der Waals surface area (Å²) in [6.45, 7) is 2.20. The summed E-state index contributed by atoms with van der Waals surface area (Å²) in [7, 11) is 0. The molecule has 5 nitrogen and oxygen atoms in total. The minimum atomic E-state index is -0.452. The van der Waals surface area contributed by atoms with Crippen molar-refractivity contribution in [1.29, 1.82) is 0 Å². The minimum absolute atomic E-state index is 0.300. The summed E-state index contributed by atoms with van der Waals surface area (Å²) >= 11 is 0. The van der Waals surface area contributed by atoms with E-state index in [0.717, 1.165) is 5.69 Å². The van der Waals surface area contributed by atoms with E-state index in [0.29, 0.717) is 18.7 Å². The highest BCUT2D eigenvalue weighted by molar-refractivity contribution is 5.93. The van der Waals surface area contributed by atoms with Crippen molar-refractivity contribution in [1.82, 2.24) is 0 Å². The van der Waals surface area contributed by atoms with Gasteiger partial charge < -0.3 is 15.8 Å². The van der Waals surface area contributed by atoms with Crippen LogP contribution in [0.5, 0.6) is 0 Å². The lowest BCUT2D eigenvalue weighted by Gasteiger charge is -2.06. The monoisotopic (exact) mass is 222 g/mol. The Kier molecular flexibility index (Phi) is 4.32. The van der Waals surface area contributed by atoms with Crippen LogP contribution in [0.25, 0.3) is 0 Å². The number of esters is 1. The fourth-order valence-corrected chi connectivity index (χ4v) is 1.14. The molecule has 0 aromatic heterocycles. The summed E-state index contributed by atoms with van der Waals surface area (Å²) in [5.74, 6) is -0.752. The first-order chi connectivity index (χ1) is 7.59. The second-order valence-corrected chi connectivity index (χ2v) is 3.21. The second kappa shape index (κ2) is 5.75. The highest BCUT2D eigenvalue weighted by atomic mass is 16.5. The van der Waals surface area contributed by atoms with Crippen LogP contribution in [-0.4, -0.2) is 25.0 Å². The lowest BCUT2D eigenvalue weighted by atomic mass is 10.2. The van der Waals surface area contributed by atoms with Crippen LogP contribution in [-0.2, 0) is 9.53 Å². The van der Waals surface area contributed by atoms with E-state index in [2.05, 4.69) is 5.32 Å². The molecule has 0 unspecified atom stereocenters. The van der Waals surface area contributed by atoms with Crippen LogP contribution in [0.2, 0.25) is 0 Å². The molecule has 1 aromatic carbocycles. The molecule has 1 amide bonds. The zero-order valence-electron chi connectivity index (χ0n) is 9.03. The van der Waals surface area contributed by atoms with Gasteiger partial charge in [-0.15, -0.1) is 0 Å². The van der Waals surface area contributed by atoms with Gasteiger partial charge in [0.05, 0.1) is 0 Å². The molecular weight excluding hydrogens is 208 g/mol. The topological polar surface area (TPSA) is 81.4 Å². The molecule has 0 fully saturated rings. The normalized spacial score (nSPS) is 9.56. The molecule has 1 aromatic rings. The average Bonchev–Trinajstić information content (AvgIpc) is 2.25. The number of carbonyl (C=O) groups is 2. The van der Waals surface area contributed by atoms with Crippen LogP contribution >= 0.6 is 0 Å². The van der Waals surface area contributed by atoms with Gasteiger partial charge in [-0.05, 0) is 24.3 Å². The molecule has 0 radical (unpaired) electrons. The molecule has 0 spiro atoms. The first-order valence-electron chi connectivity index (χ1n) is 4.86. The maximum Gasteiger partial charge on any atom is 0.302 e. The molecule has 0 saturated carbocycles. The quantitative estimate of drug-likeness (QED) is 0.569. The number of carbonyl (C=O) groups excluding carboxylic acids is 2. The second-order valence-electron chi connectivity index (χ2n) is 3.21. The lowest BCUT2D eigenvalue weighted by molar-refractivity contribution is -0.140. The van der Waals surface area contributed by atoms with Crippen molar-refractivity contribution < 1.29 is 14.3 Å². The minimum Gasteiger partial charge on any atom is -0.464 e. The molecular formula is C11H14N2O3. The number of rotatable bonds is 5. The summed E-state index contributed by atoms with van der Waals surface area (Å²) in [6.07, 6.45) is 0. The molecule has 86 valence electrons. The molecule has 0 saturated heterocycles. The van der Waals surface area contributed by atoms with Gasteiger partial charge in [0, 0.05) is 24.7 Å². The van der Waals surface area contributed by atoms with Crippen molar-refractivity contribution in [2.24, 2.45) is 5.73 Å². The van der Waals surface area contributed by atoms with E-state index in [1.54, 1.807) is 24.3 Å². The average molecular weight is 222 g/mol. The molecule has 0 aliphatic heterocycles. The van der Waals surface area contributed by atoms with E-state index in [1.807, 2.05) is 0 Å². The van der Waals surface area contributed by atoms with Gasteiger partial charge in [-0.3, -0.25) is 9.59 Å². The van der Waals surface area contributed by atoms with Crippen molar-refractivity contribution >= 4 is 17.6 Å². The summed E-state index contributed by atoms with van der Waals surface area (Å²) in [5.41, 5.74) is 6.41. The van der Waals surface area contributed by atoms with Gasteiger partial charge in [0.1, 0.15) is 6.61 Å². The van der Waals surface area contributed by atoms with Crippen LogP contribution in [0.4, 0.5) is 5.69 Å². The number of primary amides is 1. The maximum absolute atomic E-state index is 10.8. The third kappa shape index (κ3) is 4.00. The van der Waals surface area contributed by atoms with Crippen molar-refractivity contribution in [3.8, 4) is 0 Å². The summed E-state index contributed by atoms with van der Waals surface area (Å²) in [6, 6.07) is 6.76. The van der Waals surface area contributed by atoms with Gasteiger partial charge in [0.2, 0.25) is 5.91 Å². The Balaban J connectivity index is 2.38. The Labute approximate surface area is 93.6 Å². The maximum atomic E-state index is 10.8. The number of hydrogen-bond donors (Lipinski definition) is 2. The highest BCUT2D eigenvalue weighted by Gasteiger charge is 1.99. The lowest BCUT2D eigenvalue weighted by Crippen LogP contribution is -2.13. The van der Waals surface area contributed by atoms with E-state index in [9.17, 15) is 9.59 Å². The van der Waals surface area contributed by atoms with Crippen LogP contribution in [0.15, 0.2) is 24.3 Å². The van der Waals surface area contributed by atoms with Crippen molar-refractivity contribution in [3.63, 3.8) is 0 Å². The standard InChI is InChI=1S/C11H14N2O3/c1-8(14)16-7-6-13-10-4-2-9(3-5-10)11(12)15/h2-5,13H,6-7H2,1H3,(H2,12,15). The van der Waals surface area contributed by atoms with Crippen LogP contribution in [0, 0.1) is 0 Å². The molecule has 0 heterocycles. The van der Waals surface area contributed by atoms with Gasteiger partial charge in [-0.1, -0.05) is 0 Å². The van der Waals surface area contributed by atoms with Crippen LogP contribution in [0.3, 0.4) is 0 Å². The third-order valence-electron chi connectivity index (χ3n) is 1.91. The van der Waals surface area contributed by atoms with Crippen molar-refractivity contribution in [2.75, 3.05) is 18.5 Å². The largest absolute Gasteiger partial charge is 0.464 e. The SMILES string of the molecule is CC(=O)OCCNc1ccc(C(N)=O)cc1. The van der Waals surface area contributed by atoms with Gasteiger partial charge in [0.25, 0.3) is 0 Å². The Bertz CT molecular complexity index is 373. The Hall–Kier alpha value is -2.04. The Morgan fingerprint density at radius 3 is 2.44 bits per heavy atom. The number of hydrogen-bond acceptors (Lipinski definition) is 4. The van der Waals surface area contributed by atoms with Gasteiger partial charge in [-0.2, -0.15) is 0 Å². The summed E-state index contributed by atoms with van der Waals surface area (Å²) in [4.78, 5) is 21.3. The Morgan fingerprint density at radius 2 is 1.94 bits per heavy atom. The Morgan fingerprint density at radius 1 is 1.31 bits per heavy atom. The van der Waals surface area contributed by atoms with Gasteiger partial charge in [0.15, 0.2) is 0 Å². The first kappa shape index (κ1) is 12.0. The number of benzene rings is 1. The number of ether oxygens (including phenoxy) is 1. The predicted octanol–water partition coefficient (Wildman–Crippen LogP) is 0.760. The molecule has 1 rings (SSSR count). The zero-order chi connectivity index (χ0) is 12.0. The molecule has 0 aliphatic rings. The summed E-state index contributed by atoms with van der Waals surface area (Å²) in [5, 5.41) is 3.04. The van der Waals surface area contributed by atoms with E-state index < -0.39 is 5.91 Å². The highest BCUT2D eigenvalue weighted by Crippen LogP contribution is 2.08. The molecule has 5 heteroatoms. The first-order valence-corrected chi connectivity index (χ1v) is 4.86. The van der Waals surface area contributed by atoms with Crippen molar-refractivity contribution in [3.05, 3.63) is 29.8 Å². The number of amides is 1. The van der Waals surface area contributed by atoms with E-state index in [1.165, 1.54) is 6.92 Å². The van der Waals surface area contributed by atoms with Gasteiger partial charge in [-0.25, -0.2) is 0 Å². The third-order valence-corrected chi connectivity index (χ3v) is 1.91. The molecule has 0 atom stereocenters. The van der Waals surface area contributed by atoms with Crippen LogP contribution < -0.4 is 11.1 Å². The molecule has 3 N–H and O–H groups in total. The predicted molar refractivity (Wildman–Crippen MR) is 60.1 cm³/mol. The van der Waals surface area contributed by atoms with E-state index in [4.69, 9.17) is 10.5 Å². The van der Waals surface area contributed by atoms with Crippen LogP contribution in [0.1, 0.15) is 17.3 Å². The number of anilines is 1. The smallest absolute Gasteiger partial charge is 0.302 e. The van der Waals surface area contributed by atoms with E-state index >= 15 is 0 Å². The van der Waals surface area contributed by atoms with Gasteiger partial charge >= 0.3 is 5.97 Å². The molecule has 0 bridgehead atoms. The van der Waals surface area contributed by atoms with Crippen molar-refractivity contribution in [2.45, 2.75) is 6.92 Å². The number of nitrogens with one attached hydrogen (secondary N) is 1. The zero-order valence-corrected chi connectivity index (χ0v) is 9.03. The fourth-order valence-electron chi connectivity index (χ4n) is 1.14. The number of nitrogens with two attached hydrogens (primary N) is 1. The fraction of sp³-hybridized carbons (Fsp3) is 0.273. The van der Waals surface area contributed by atoms with E-state index in [-0.39, 0.29) is 5.97 Å².